The molecule has 0 spiro atoms. The number of carbonyl (C=O) groups is 1. The Kier molecular flexibility index (Phi) is 5.94. The van der Waals surface area contributed by atoms with Gasteiger partial charge >= 0.3 is 5.97 Å². The summed E-state index contributed by atoms with van der Waals surface area (Å²) in [6.07, 6.45) is 8.69. The first kappa shape index (κ1) is 17.5. The zero-order valence-electron chi connectivity index (χ0n) is 14.9. The van der Waals surface area contributed by atoms with Gasteiger partial charge in [0.15, 0.2) is 0 Å². The Balaban J connectivity index is 1.66. The van der Waals surface area contributed by atoms with Gasteiger partial charge in [-0.2, -0.15) is 0 Å². The van der Waals surface area contributed by atoms with Crippen molar-refractivity contribution < 1.29 is 9.53 Å². The number of nitrogens with one attached hydrogen (secondary N) is 1. The van der Waals surface area contributed by atoms with Gasteiger partial charge in [-0.25, -0.2) is 0 Å². The van der Waals surface area contributed by atoms with Crippen LogP contribution in [0.4, 0.5) is 0 Å². The van der Waals surface area contributed by atoms with Gasteiger partial charge < -0.3 is 10.1 Å². The van der Waals surface area contributed by atoms with Crippen LogP contribution in [-0.4, -0.2) is 19.1 Å². The van der Waals surface area contributed by atoms with Gasteiger partial charge in [-0.1, -0.05) is 50.1 Å². The van der Waals surface area contributed by atoms with Gasteiger partial charge in [0.2, 0.25) is 0 Å². The number of piperidine rings is 1. The summed E-state index contributed by atoms with van der Waals surface area (Å²) in [5.74, 6) is 0.963. The van der Waals surface area contributed by atoms with Crippen LogP contribution in [0.3, 0.4) is 0 Å². The molecule has 0 radical (unpaired) electrons. The number of hydrogen-bond acceptors (Lipinski definition) is 3. The molecule has 1 saturated heterocycles. The van der Waals surface area contributed by atoms with E-state index in [2.05, 4.69) is 24.4 Å². The molecule has 1 aromatic carbocycles. The van der Waals surface area contributed by atoms with Gasteiger partial charge in [-0.3, -0.25) is 4.79 Å². The van der Waals surface area contributed by atoms with Crippen LogP contribution >= 0.6 is 0 Å². The van der Waals surface area contributed by atoms with Crippen LogP contribution in [0.5, 0.6) is 0 Å². The summed E-state index contributed by atoms with van der Waals surface area (Å²) >= 11 is 0. The van der Waals surface area contributed by atoms with Crippen LogP contribution in [0, 0.1) is 11.8 Å². The van der Waals surface area contributed by atoms with Crippen molar-refractivity contribution in [2.45, 2.75) is 63.9 Å². The maximum absolute atomic E-state index is 12.9. The second kappa shape index (κ2) is 8.15. The topological polar surface area (TPSA) is 38.3 Å². The second-order valence-corrected chi connectivity index (χ2v) is 7.54. The largest absolute Gasteiger partial charge is 0.454 e. The molecule has 2 fully saturated rings. The fourth-order valence-corrected chi connectivity index (χ4v) is 4.39. The van der Waals surface area contributed by atoms with E-state index in [1.807, 2.05) is 18.2 Å². The lowest BCUT2D eigenvalue weighted by Crippen LogP contribution is -2.44. The van der Waals surface area contributed by atoms with Crippen LogP contribution in [0.15, 0.2) is 30.3 Å². The van der Waals surface area contributed by atoms with E-state index < -0.39 is 5.60 Å². The molecule has 1 aromatic rings. The Hall–Kier alpha value is -1.35. The highest BCUT2D eigenvalue weighted by molar-refractivity contribution is 5.73. The monoisotopic (exact) mass is 329 g/mol. The molecule has 1 heterocycles. The van der Waals surface area contributed by atoms with Crippen LogP contribution in [0.25, 0.3) is 0 Å². The normalized spacial score (nSPS) is 26.7. The van der Waals surface area contributed by atoms with Crippen molar-refractivity contribution >= 4 is 5.97 Å². The summed E-state index contributed by atoms with van der Waals surface area (Å²) in [5.41, 5.74) is 0.726. The summed E-state index contributed by atoms with van der Waals surface area (Å²) in [7, 11) is 0. The molecule has 1 aliphatic carbocycles. The minimum Gasteiger partial charge on any atom is -0.454 e. The van der Waals surface area contributed by atoms with Crippen molar-refractivity contribution in [1.82, 2.24) is 5.32 Å². The Morgan fingerprint density at radius 3 is 2.42 bits per heavy atom. The van der Waals surface area contributed by atoms with E-state index in [0.29, 0.717) is 0 Å². The number of benzene rings is 1. The summed E-state index contributed by atoms with van der Waals surface area (Å²) in [6.45, 7) is 4.07. The standard InChI is InChI=1S/C21H31NO2/c1-2-6-17-9-11-18(12-10-17)20(23)24-21(13-15-22-16-14-21)19-7-4-3-5-8-19/h3-5,7-8,17-18,22H,2,6,9-16H2,1H3. The zero-order valence-corrected chi connectivity index (χ0v) is 14.9. The molecular weight excluding hydrogens is 298 g/mol. The van der Waals surface area contributed by atoms with Crippen molar-refractivity contribution in [3.05, 3.63) is 35.9 Å². The molecule has 1 aliphatic heterocycles. The number of carbonyl (C=O) groups excluding carboxylic acids is 1. The highest BCUT2D eigenvalue weighted by Gasteiger charge is 2.39. The lowest BCUT2D eigenvalue weighted by molar-refractivity contribution is -0.171. The van der Waals surface area contributed by atoms with Crippen molar-refractivity contribution in [3.63, 3.8) is 0 Å². The molecule has 3 rings (SSSR count). The number of rotatable bonds is 5. The minimum absolute atomic E-state index is 0.0377. The SMILES string of the molecule is CCCC1CCC(C(=O)OC2(c3ccccc3)CCNCC2)CC1. The van der Waals surface area contributed by atoms with Crippen molar-refractivity contribution in [2.24, 2.45) is 11.8 Å². The molecule has 1 N–H and O–H groups in total. The first-order valence-corrected chi connectivity index (χ1v) is 9.72. The molecule has 0 atom stereocenters. The van der Waals surface area contributed by atoms with Gasteiger partial charge in [0.25, 0.3) is 0 Å². The van der Waals surface area contributed by atoms with E-state index in [1.165, 1.54) is 25.7 Å². The van der Waals surface area contributed by atoms with E-state index in [0.717, 1.165) is 50.3 Å². The molecule has 0 amide bonds. The number of ether oxygens (including phenoxy) is 1. The van der Waals surface area contributed by atoms with Crippen LogP contribution in [0.1, 0.15) is 63.9 Å². The number of hydrogen-bond donors (Lipinski definition) is 1. The Labute approximate surface area is 146 Å². The molecule has 1 saturated carbocycles. The molecule has 2 aliphatic rings. The summed E-state index contributed by atoms with van der Waals surface area (Å²) < 4.78 is 6.22. The third-order valence-electron chi connectivity index (χ3n) is 5.88. The van der Waals surface area contributed by atoms with Crippen molar-refractivity contribution in [2.75, 3.05) is 13.1 Å². The molecule has 0 aromatic heterocycles. The average molecular weight is 329 g/mol. The van der Waals surface area contributed by atoms with E-state index >= 15 is 0 Å². The van der Waals surface area contributed by atoms with Crippen LogP contribution < -0.4 is 5.32 Å². The van der Waals surface area contributed by atoms with E-state index in [4.69, 9.17) is 4.74 Å². The first-order chi connectivity index (χ1) is 11.7. The number of esters is 1. The van der Waals surface area contributed by atoms with Gasteiger partial charge in [-0.05, 0) is 50.3 Å². The lowest BCUT2D eigenvalue weighted by Gasteiger charge is -2.39. The molecule has 132 valence electrons. The maximum atomic E-state index is 12.9. The second-order valence-electron chi connectivity index (χ2n) is 7.54. The Bertz CT molecular complexity index is 514. The summed E-state index contributed by atoms with van der Waals surface area (Å²) in [4.78, 5) is 12.9. The predicted octanol–water partition coefficient (Wildman–Crippen LogP) is 4.42. The van der Waals surface area contributed by atoms with Crippen molar-refractivity contribution in [3.8, 4) is 0 Å². The van der Waals surface area contributed by atoms with Gasteiger partial charge in [0, 0.05) is 12.8 Å². The minimum atomic E-state index is -0.427. The summed E-state index contributed by atoms with van der Waals surface area (Å²) in [6, 6.07) is 10.3. The van der Waals surface area contributed by atoms with Crippen LogP contribution in [-0.2, 0) is 15.1 Å². The predicted molar refractivity (Wildman–Crippen MR) is 96.7 cm³/mol. The fourth-order valence-electron chi connectivity index (χ4n) is 4.39. The molecule has 3 heteroatoms. The van der Waals surface area contributed by atoms with E-state index in [9.17, 15) is 4.79 Å². The quantitative estimate of drug-likeness (QED) is 0.813. The highest BCUT2D eigenvalue weighted by atomic mass is 16.6. The third-order valence-corrected chi connectivity index (χ3v) is 5.88. The van der Waals surface area contributed by atoms with Gasteiger partial charge in [0.1, 0.15) is 5.60 Å². The lowest BCUT2D eigenvalue weighted by atomic mass is 9.79. The molecule has 3 nitrogen and oxygen atoms in total. The fraction of sp³-hybridized carbons (Fsp3) is 0.667. The van der Waals surface area contributed by atoms with Crippen LogP contribution in [0.2, 0.25) is 0 Å². The Morgan fingerprint density at radius 1 is 1.12 bits per heavy atom. The van der Waals surface area contributed by atoms with E-state index in [-0.39, 0.29) is 11.9 Å². The summed E-state index contributed by atoms with van der Waals surface area (Å²) in [5, 5.41) is 3.39. The maximum Gasteiger partial charge on any atom is 0.309 e. The molecular formula is C21H31NO2. The third kappa shape index (κ3) is 4.00. The molecule has 24 heavy (non-hydrogen) atoms. The molecule has 0 unspecified atom stereocenters. The van der Waals surface area contributed by atoms with Gasteiger partial charge in [0.05, 0.1) is 5.92 Å². The Morgan fingerprint density at radius 2 is 1.79 bits per heavy atom. The zero-order chi connectivity index (χ0) is 16.8. The molecule has 0 bridgehead atoms. The average Bonchev–Trinajstić information content (AvgIpc) is 2.64. The van der Waals surface area contributed by atoms with Crippen molar-refractivity contribution in [1.29, 1.82) is 0 Å². The first-order valence-electron chi connectivity index (χ1n) is 9.72. The smallest absolute Gasteiger partial charge is 0.309 e. The van der Waals surface area contributed by atoms with E-state index in [1.54, 1.807) is 0 Å². The van der Waals surface area contributed by atoms with Gasteiger partial charge in [-0.15, -0.1) is 0 Å². The highest BCUT2D eigenvalue weighted by Crippen LogP contribution is 2.38.